The van der Waals surface area contributed by atoms with Crippen molar-refractivity contribution in [2.24, 2.45) is 0 Å². The number of hydrogen-bond donors (Lipinski definition) is 1. The second-order valence-electron chi connectivity index (χ2n) is 4.52. The quantitative estimate of drug-likeness (QED) is 0.781. The Labute approximate surface area is 116 Å². The van der Waals surface area contributed by atoms with Gasteiger partial charge in [0.05, 0.1) is 5.52 Å². The third-order valence-corrected chi connectivity index (χ3v) is 4.53. The molecule has 0 spiro atoms. The molecule has 1 atom stereocenters. The maximum absolute atomic E-state index is 10.5. The molecule has 0 bridgehead atoms. The van der Waals surface area contributed by atoms with Gasteiger partial charge in [-0.05, 0) is 42.3 Å². The lowest BCUT2D eigenvalue weighted by atomic mass is 10.1. The average Bonchev–Trinajstić information content (AvgIpc) is 2.95. The predicted molar refractivity (Wildman–Crippen MR) is 79.5 cm³/mol. The zero-order chi connectivity index (χ0) is 13.2. The summed E-state index contributed by atoms with van der Waals surface area (Å²) >= 11 is 1.68. The number of aryl methyl sites for hydroxylation is 1. The largest absolute Gasteiger partial charge is 0.383 e. The monoisotopic (exact) mass is 269 g/mol. The van der Waals surface area contributed by atoms with Gasteiger partial charge >= 0.3 is 0 Å². The molecule has 96 valence electrons. The Morgan fingerprint density at radius 3 is 2.89 bits per heavy atom. The molecule has 2 nitrogen and oxygen atoms in total. The molecule has 0 aliphatic heterocycles. The van der Waals surface area contributed by atoms with Crippen molar-refractivity contribution in [1.82, 2.24) is 4.98 Å². The fourth-order valence-electron chi connectivity index (χ4n) is 2.16. The summed E-state index contributed by atoms with van der Waals surface area (Å²) in [6.45, 7) is 2.13. The molecule has 0 aliphatic carbocycles. The predicted octanol–water partition coefficient (Wildman–Crippen LogP) is 3.94. The van der Waals surface area contributed by atoms with Gasteiger partial charge in [0.2, 0.25) is 0 Å². The fourth-order valence-corrected chi connectivity index (χ4v) is 3.13. The molecular formula is C16H15NOS. The number of nitrogens with zero attached hydrogens (tertiary/aromatic N) is 1. The van der Waals surface area contributed by atoms with Gasteiger partial charge in [0.25, 0.3) is 0 Å². The highest BCUT2D eigenvalue weighted by Gasteiger charge is 2.13. The van der Waals surface area contributed by atoms with E-state index in [-0.39, 0.29) is 0 Å². The van der Waals surface area contributed by atoms with Crippen LogP contribution in [0.15, 0.2) is 48.7 Å². The molecule has 1 aromatic carbocycles. The van der Waals surface area contributed by atoms with E-state index in [9.17, 15) is 5.11 Å². The molecule has 1 unspecified atom stereocenters. The van der Waals surface area contributed by atoms with Gasteiger partial charge < -0.3 is 5.11 Å². The molecule has 19 heavy (non-hydrogen) atoms. The van der Waals surface area contributed by atoms with E-state index in [4.69, 9.17) is 0 Å². The molecular weight excluding hydrogens is 254 g/mol. The first-order valence-electron chi connectivity index (χ1n) is 6.39. The van der Waals surface area contributed by atoms with Crippen molar-refractivity contribution in [1.29, 1.82) is 0 Å². The van der Waals surface area contributed by atoms with Gasteiger partial charge in [-0.15, -0.1) is 11.3 Å². The summed E-state index contributed by atoms with van der Waals surface area (Å²) in [5, 5.41) is 11.5. The van der Waals surface area contributed by atoms with Crippen LogP contribution in [0.4, 0.5) is 0 Å². The highest BCUT2D eigenvalue weighted by molar-refractivity contribution is 7.12. The average molecular weight is 269 g/mol. The molecule has 1 N–H and O–H groups in total. The lowest BCUT2D eigenvalue weighted by Crippen LogP contribution is -1.96. The van der Waals surface area contributed by atoms with Crippen LogP contribution in [-0.4, -0.2) is 10.1 Å². The zero-order valence-electron chi connectivity index (χ0n) is 10.7. The Hall–Kier alpha value is -1.71. The van der Waals surface area contributed by atoms with Crippen LogP contribution in [0.2, 0.25) is 0 Å². The third-order valence-electron chi connectivity index (χ3n) is 3.24. The lowest BCUT2D eigenvalue weighted by molar-refractivity contribution is 0.224. The molecule has 2 heterocycles. The van der Waals surface area contributed by atoms with E-state index >= 15 is 0 Å². The van der Waals surface area contributed by atoms with E-state index in [0.29, 0.717) is 0 Å². The van der Waals surface area contributed by atoms with Gasteiger partial charge in [-0.25, -0.2) is 0 Å². The van der Waals surface area contributed by atoms with Crippen LogP contribution in [-0.2, 0) is 6.42 Å². The summed E-state index contributed by atoms with van der Waals surface area (Å²) in [5.41, 5.74) is 1.88. The minimum atomic E-state index is -0.546. The molecule has 0 amide bonds. The minimum Gasteiger partial charge on any atom is -0.383 e. The Balaban J connectivity index is 1.98. The normalized spacial score (nSPS) is 12.7. The number of benzene rings is 1. The van der Waals surface area contributed by atoms with Crippen LogP contribution in [0.1, 0.15) is 28.3 Å². The molecule has 0 saturated heterocycles. The molecule has 3 rings (SSSR count). The van der Waals surface area contributed by atoms with Crippen LogP contribution >= 0.6 is 11.3 Å². The first-order valence-corrected chi connectivity index (χ1v) is 7.21. The number of thiophene rings is 1. The Kier molecular flexibility index (Phi) is 3.32. The molecule has 3 aromatic rings. The molecule has 0 saturated carbocycles. The standard InChI is InChI=1S/C16H15NOS/c1-2-13-6-8-15(19-13)16(18)12-5-7-14-11(10-12)4-3-9-17-14/h3-10,16,18H,2H2,1H3. The summed E-state index contributed by atoms with van der Waals surface area (Å²) in [5.74, 6) is 0. The van der Waals surface area contributed by atoms with Gasteiger partial charge in [-0.3, -0.25) is 4.98 Å². The number of hydrogen-bond acceptors (Lipinski definition) is 3. The summed E-state index contributed by atoms with van der Waals surface area (Å²) < 4.78 is 0. The first-order chi connectivity index (χ1) is 9.28. The molecule has 2 aromatic heterocycles. The van der Waals surface area contributed by atoms with Crippen molar-refractivity contribution in [2.75, 3.05) is 0 Å². The topological polar surface area (TPSA) is 33.1 Å². The van der Waals surface area contributed by atoms with Crippen LogP contribution in [0.5, 0.6) is 0 Å². The lowest BCUT2D eigenvalue weighted by Gasteiger charge is -2.09. The van der Waals surface area contributed by atoms with Crippen molar-refractivity contribution in [3.05, 3.63) is 64.0 Å². The zero-order valence-corrected chi connectivity index (χ0v) is 11.5. The molecule has 0 fully saturated rings. The van der Waals surface area contributed by atoms with Crippen molar-refractivity contribution in [2.45, 2.75) is 19.4 Å². The number of aromatic nitrogens is 1. The third kappa shape index (κ3) is 2.39. The van der Waals surface area contributed by atoms with E-state index in [1.54, 1.807) is 17.5 Å². The number of pyridine rings is 1. The SMILES string of the molecule is CCc1ccc(C(O)c2ccc3ncccc3c2)s1. The second-order valence-corrected chi connectivity index (χ2v) is 5.72. The first kappa shape index (κ1) is 12.3. The summed E-state index contributed by atoms with van der Waals surface area (Å²) in [6.07, 6.45) is 2.25. The Morgan fingerprint density at radius 2 is 2.11 bits per heavy atom. The maximum Gasteiger partial charge on any atom is 0.113 e. The van der Waals surface area contributed by atoms with Crippen LogP contribution < -0.4 is 0 Å². The van der Waals surface area contributed by atoms with Gasteiger partial charge in [0.15, 0.2) is 0 Å². The highest BCUT2D eigenvalue weighted by Crippen LogP contribution is 2.30. The second kappa shape index (κ2) is 5.11. The number of fused-ring (bicyclic) bond motifs is 1. The fraction of sp³-hybridized carbons (Fsp3) is 0.188. The van der Waals surface area contributed by atoms with Gasteiger partial charge in [0.1, 0.15) is 6.10 Å². The van der Waals surface area contributed by atoms with E-state index in [0.717, 1.165) is 27.8 Å². The van der Waals surface area contributed by atoms with E-state index in [1.165, 1.54) is 4.88 Å². The van der Waals surface area contributed by atoms with Crippen molar-refractivity contribution in [3.63, 3.8) is 0 Å². The molecule has 3 heteroatoms. The van der Waals surface area contributed by atoms with Crippen molar-refractivity contribution >= 4 is 22.2 Å². The number of aliphatic hydroxyl groups excluding tert-OH is 1. The van der Waals surface area contributed by atoms with Crippen LogP contribution in [0, 0.1) is 0 Å². The van der Waals surface area contributed by atoms with Gasteiger partial charge in [-0.2, -0.15) is 0 Å². The maximum atomic E-state index is 10.5. The summed E-state index contributed by atoms with van der Waals surface area (Å²) in [6, 6.07) is 14.0. The van der Waals surface area contributed by atoms with E-state index in [2.05, 4.69) is 18.0 Å². The van der Waals surface area contributed by atoms with E-state index in [1.807, 2.05) is 36.4 Å². The van der Waals surface area contributed by atoms with Crippen LogP contribution in [0.25, 0.3) is 10.9 Å². The summed E-state index contributed by atoms with van der Waals surface area (Å²) in [7, 11) is 0. The number of aliphatic hydroxyl groups is 1. The molecule has 0 aliphatic rings. The smallest absolute Gasteiger partial charge is 0.113 e. The van der Waals surface area contributed by atoms with Crippen molar-refractivity contribution < 1.29 is 5.11 Å². The van der Waals surface area contributed by atoms with E-state index < -0.39 is 6.10 Å². The Morgan fingerprint density at radius 1 is 1.21 bits per heavy atom. The highest BCUT2D eigenvalue weighted by atomic mass is 32.1. The summed E-state index contributed by atoms with van der Waals surface area (Å²) in [4.78, 5) is 6.60. The minimum absolute atomic E-state index is 0.546. The number of rotatable bonds is 3. The van der Waals surface area contributed by atoms with Crippen molar-refractivity contribution in [3.8, 4) is 0 Å². The van der Waals surface area contributed by atoms with Gasteiger partial charge in [-0.1, -0.05) is 19.1 Å². The van der Waals surface area contributed by atoms with Gasteiger partial charge in [0, 0.05) is 21.3 Å². The molecule has 0 radical (unpaired) electrons. The van der Waals surface area contributed by atoms with Crippen LogP contribution in [0.3, 0.4) is 0 Å². The Bertz CT molecular complexity index is 705.